The number of nitrogens with zero attached hydrogens (tertiary/aromatic N) is 4. The summed E-state index contributed by atoms with van der Waals surface area (Å²) in [6.07, 6.45) is 7.52. The van der Waals surface area contributed by atoms with E-state index in [0.29, 0.717) is 5.69 Å². The predicted octanol–water partition coefficient (Wildman–Crippen LogP) is 2.26. The first-order valence-corrected chi connectivity index (χ1v) is 8.24. The smallest absolute Gasteiger partial charge is 0.274 e. The van der Waals surface area contributed by atoms with Crippen LogP contribution in [0.2, 0.25) is 0 Å². The summed E-state index contributed by atoms with van der Waals surface area (Å²) in [6, 6.07) is 10.3. The molecule has 1 aromatic heterocycles. The first-order valence-electron chi connectivity index (χ1n) is 8.24. The Bertz CT molecular complexity index is 706. The SMILES string of the molecule is Cc1cncc(C(=O)N2CCN(C/C=C/c3ccccc3)CC2)n1. The Balaban J connectivity index is 1.49. The van der Waals surface area contributed by atoms with E-state index in [2.05, 4.69) is 39.2 Å². The highest BCUT2D eigenvalue weighted by molar-refractivity contribution is 5.92. The van der Waals surface area contributed by atoms with Gasteiger partial charge in [0.15, 0.2) is 0 Å². The summed E-state index contributed by atoms with van der Waals surface area (Å²) >= 11 is 0. The van der Waals surface area contributed by atoms with Crippen LogP contribution in [0, 0.1) is 6.92 Å². The third kappa shape index (κ3) is 4.26. The predicted molar refractivity (Wildman–Crippen MR) is 94.6 cm³/mol. The molecule has 0 radical (unpaired) electrons. The third-order valence-electron chi connectivity index (χ3n) is 4.11. The molecule has 0 atom stereocenters. The molecule has 0 spiro atoms. The minimum Gasteiger partial charge on any atom is -0.335 e. The maximum atomic E-state index is 12.4. The molecule has 124 valence electrons. The van der Waals surface area contributed by atoms with Gasteiger partial charge in [0.2, 0.25) is 0 Å². The highest BCUT2D eigenvalue weighted by Crippen LogP contribution is 2.08. The highest BCUT2D eigenvalue weighted by atomic mass is 16.2. The van der Waals surface area contributed by atoms with Gasteiger partial charge in [0.25, 0.3) is 5.91 Å². The standard InChI is InChI=1S/C19H22N4O/c1-16-14-20-15-18(21-16)19(24)23-12-10-22(11-13-23)9-5-8-17-6-3-2-4-7-17/h2-8,14-15H,9-13H2,1H3/b8-5+. The monoisotopic (exact) mass is 322 g/mol. The van der Waals surface area contributed by atoms with E-state index in [1.807, 2.05) is 30.0 Å². The van der Waals surface area contributed by atoms with E-state index < -0.39 is 0 Å². The molecular weight excluding hydrogens is 300 g/mol. The van der Waals surface area contributed by atoms with Gasteiger partial charge in [-0.1, -0.05) is 42.5 Å². The Morgan fingerprint density at radius 2 is 1.88 bits per heavy atom. The number of amides is 1. The summed E-state index contributed by atoms with van der Waals surface area (Å²) in [4.78, 5) is 25.0. The molecule has 0 bridgehead atoms. The highest BCUT2D eigenvalue weighted by Gasteiger charge is 2.22. The quantitative estimate of drug-likeness (QED) is 0.866. The zero-order chi connectivity index (χ0) is 16.8. The molecule has 0 saturated carbocycles. The Morgan fingerprint density at radius 3 is 2.58 bits per heavy atom. The fourth-order valence-electron chi connectivity index (χ4n) is 2.76. The lowest BCUT2D eigenvalue weighted by Gasteiger charge is -2.33. The van der Waals surface area contributed by atoms with E-state index >= 15 is 0 Å². The van der Waals surface area contributed by atoms with Gasteiger partial charge >= 0.3 is 0 Å². The van der Waals surface area contributed by atoms with E-state index in [4.69, 9.17) is 0 Å². The minimum atomic E-state index is -0.0225. The van der Waals surface area contributed by atoms with Crippen LogP contribution in [0.5, 0.6) is 0 Å². The van der Waals surface area contributed by atoms with Crippen LogP contribution < -0.4 is 0 Å². The van der Waals surface area contributed by atoms with Gasteiger partial charge in [-0.15, -0.1) is 0 Å². The summed E-state index contributed by atoms with van der Waals surface area (Å²) in [5.41, 5.74) is 2.42. The molecule has 3 rings (SSSR count). The van der Waals surface area contributed by atoms with Crippen LogP contribution in [0.1, 0.15) is 21.7 Å². The van der Waals surface area contributed by atoms with Crippen molar-refractivity contribution in [1.82, 2.24) is 19.8 Å². The van der Waals surface area contributed by atoms with Gasteiger partial charge in [-0.05, 0) is 12.5 Å². The lowest BCUT2D eigenvalue weighted by atomic mass is 10.2. The van der Waals surface area contributed by atoms with Crippen molar-refractivity contribution in [3.63, 3.8) is 0 Å². The summed E-state index contributed by atoms with van der Waals surface area (Å²) in [6.45, 7) is 5.97. The zero-order valence-corrected chi connectivity index (χ0v) is 13.9. The van der Waals surface area contributed by atoms with Crippen LogP contribution in [0.4, 0.5) is 0 Å². The average Bonchev–Trinajstić information content (AvgIpc) is 2.63. The molecule has 5 nitrogen and oxygen atoms in total. The van der Waals surface area contributed by atoms with Gasteiger partial charge in [0.1, 0.15) is 5.69 Å². The topological polar surface area (TPSA) is 49.3 Å². The number of rotatable bonds is 4. The van der Waals surface area contributed by atoms with Crippen molar-refractivity contribution in [3.8, 4) is 0 Å². The van der Waals surface area contributed by atoms with Gasteiger partial charge in [-0.3, -0.25) is 14.7 Å². The van der Waals surface area contributed by atoms with Crippen molar-refractivity contribution in [1.29, 1.82) is 0 Å². The first kappa shape index (κ1) is 16.3. The Morgan fingerprint density at radius 1 is 1.12 bits per heavy atom. The number of carbonyl (C=O) groups excluding carboxylic acids is 1. The minimum absolute atomic E-state index is 0.0225. The molecule has 2 aromatic rings. The summed E-state index contributed by atoms with van der Waals surface area (Å²) < 4.78 is 0. The Kier molecular flexibility index (Phi) is 5.33. The largest absolute Gasteiger partial charge is 0.335 e. The molecule has 5 heteroatoms. The maximum absolute atomic E-state index is 12.4. The molecule has 0 N–H and O–H groups in total. The van der Waals surface area contributed by atoms with E-state index in [-0.39, 0.29) is 5.91 Å². The Hall–Kier alpha value is -2.53. The van der Waals surface area contributed by atoms with Crippen molar-refractivity contribution < 1.29 is 4.79 Å². The summed E-state index contributed by atoms with van der Waals surface area (Å²) in [5.74, 6) is -0.0225. The number of piperazine rings is 1. The van der Waals surface area contributed by atoms with Crippen molar-refractivity contribution in [3.05, 3.63) is 65.8 Å². The molecule has 1 aliphatic rings. The Labute approximate surface area is 142 Å². The molecule has 0 unspecified atom stereocenters. The van der Waals surface area contributed by atoms with Crippen molar-refractivity contribution in [2.45, 2.75) is 6.92 Å². The van der Waals surface area contributed by atoms with Crippen molar-refractivity contribution in [2.24, 2.45) is 0 Å². The maximum Gasteiger partial charge on any atom is 0.274 e. The van der Waals surface area contributed by atoms with Gasteiger partial charge < -0.3 is 4.90 Å². The fourth-order valence-corrected chi connectivity index (χ4v) is 2.76. The lowest BCUT2D eigenvalue weighted by Crippen LogP contribution is -2.48. The number of hydrogen-bond donors (Lipinski definition) is 0. The van der Waals surface area contributed by atoms with Crippen LogP contribution in [-0.2, 0) is 0 Å². The van der Waals surface area contributed by atoms with Crippen LogP contribution >= 0.6 is 0 Å². The van der Waals surface area contributed by atoms with E-state index in [9.17, 15) is 4.79 Å². The number of aryl methyl sites for hydroxylation is 1. The summed E-state index contributed by atoms with van der Waals surface area (Å²) in [7, 11) is 0. The van der Waals surface area contributed by atoms with Gasteiger partial charge in [0, 0.05) is 38.9 Å². The molecule has 1 amide bonds. The van der Waals surface area contributed by atoms with Crippen molar-refractivity contribution >= 4 is 12.0 Å². The molecule has 1 aliphatic heterocycles. The molecule has 0 aliphatic carbocycles. The van der Waals surface area contributed by atoms with Crippen LogP contribution in [0.25, 0.3) is 6.08 Å². The van der Waals surface area contributed by atoms with Crippen LogP contribution in [0.15, 0.2) is 48.8 Å². The molecule has 1 aromatic carbocycles. The van der Waals surface area contributed by atoms with E-state index in [1.54, 1.807) is 12.4 Å². The zero-order valence-electron chi connectivity index (χ0n) is 13.9. The normalized spacial score (nSPS) is 15.8. The third-order valence-corrected chi connectivity index (χ3v) is 4.11. The molecule has 24 heavy (non-hydrogen) atoms. The number of carbonyl (C=O) groups is 1. The van der Waals surface area contributed by atoms with E-state index in [0.717, 1.165) is 38.4 Å². The average molecular weight is 322 g/mol. The molecule has 1 saturated heterocycles. The van der Waals surface area contributed by atoms with Gasteiger partial charge in [-0.25, -0.2) is 4.98 Å². The van der Waals surface area contributed by atoms with Crippen LogP contribution in [0.3, 0.4) is 0 Å². The number of aromatic nitrogens is 2. The number of hydrogen-bond acceptors (Lipinski definition) is 4. The summed E-state index contributed by atoms with van der Waals surface area (Å²) in [5, 5.41) is 0. The molecule has 1 fully saturated rings. The second-order valence-corrected chi connectivity index (χ2v) is 5.95. The number of benzene rings is 1. The molecule has 2 heterocycles. The van der Waals surface area contributed by atoms with Crippen molar-refractivity contribution in [2.75, 3.05) is 32.7 Å². The van der Waals surface area contributed by atoms with Gasteiger partial charge in [-0.2, -0.15) is 0 Å². The second kappa shape index (κ2) is 7.84. The lowest BCUT2D eigenvalue weighted by molar-refractivity contribution is 0.0643. The van der Waals surface area contributed by atoms with E-state index in [1.165, 1.54) is 5.56 Å². The van der Waals surface area contributed by atoms with Crippen LogP contribution in [-0.4, -0.2) is 58.4 Å². The van der Waals surface area contributed by atoms with Gasteiger partial charge in [0.05, 0.1) is 11.9 Å². The second-order valence-electron chi connectivity index (χ2n) is 5.95. The fraction of sp³-hybridized carbons (Fsp3) is 0.316. The molecular formula is C19H22N4O. The first-order chi connectivity index (χ1) is 11.7.